The maximum absolute atomic E-state index is 14.5. The summed E-state index contributed by atoms with van der Waals surface area (Å²) >= 11 is 0. The number of ketones is 1. The molecule has 1 saturated carbocycles. The zero-order valence-corrected chi connectivity index (χ0v) is 30.6. The average molecular weight is 663 g/mol. The van der Waals surface area contributed by atoms with E-state index in [0.717, 1.165) is 22.4 Å². The number of Topliss-reactive ketones (excluding diaryl/α,β-unsaturated/α-hetero) is 1. The van der Waals surface area contributed by atoms with Crippen molar-refractivity contribution in [3.8, 4) is 5.75 Å². The number of hydrogen-bond acceptors (Lipinski definition) is 7. The predicted molar refractivity (Wildman–Crippen MR) is 188 cm³/mol. The zero-order chi connectivity index (χ0) is 34.4. The Morgan fingerprint density at radius 3 is 1.74 bits per heavy atom. The second-order valence-corrected chi connectivity index (χ2v) is 19.6. The molecule has 0 aromatic heterocycles. The molecule has 7 nitrogen and oxygen atoms in total. The largest absolute Gasteiger partial charge is 0.497 e. The maximum atomic E-state index is 14.5. The summed E-state index contributed by atoms with van der Waals surface area (Å²) in [6, 6.07) is 27.4. The minimum atomic E-state index is -2.46. The Bertz CT molecular complexity index is 1400. The molecule has 1 N–H and O–H groups in total. The van der Waals surface area contributed by atoms with Gasteiger partial charge in [-0.15, -0.1) is 0 Å². The first kappa shape index (κ1) is 37.0. The lowest BCUT2D eigenvalue weighted by atomic mass is 9.69. The second kappa shape index (κ2) is 15.6. The van der Waals surface area contributed by atoms with Crippen molar-refractivity contribution in [2.75, 3.05) is 7.11 Å². The van der Waals surface area contributed by atoms with Crippen LogP contribution in [0.15, 0.2) is 84.9 Å². The third-order valence-corrected chi connectivity index (χ3v) is 14.4. The van der Waals surface area contributed by atoms with Crippen molar-refractivity contribution in [1.82, 2.24) is 0 Å². The van der Waals surface area contributed by atoms with E-state index in [0.29, 0.717) is 0 Å². The predicted octanol–water partition coefficient (Wildman–Crippen LogP) is 7.75. The highest BCUT2D eigenvalue weighted by atomic mass is 28.4. The summed E-state index contributed by atoms with van der Waals surface area (Å²) in [6.45, 7) is 17.6. The lowest BCUT2D eigenvalue weighted by Crippen LogP contribution is -2.65. The number of carbonyl (C=O) groups is 1. The highest BCUT2D eigenvalue weighted by Gasteiger charge is 2.57. The summed E-state index contributed by atoms with van der Waals surface area (Å²) in [5.41, 5.74) is 2.02. The second-order valence-electron chi connectivity index (χ2n) is 14.9. The average Bonchev–Trinajstić information content (AvgIpc) is 3.05. The van der Waals surface area contributed by atoms with E-state index in [1.165, 1.54) is 0 Å². The molecule has 0 aliphatic heterocycles. The molecule has 0 spiro atoms. The molecule has 3 aromatic carbocycles. The van der Waals surface area contributed by atoms with Crippen LogP contribution in [-0.4, -0.2) is 56.8 Å². The van der Waals surface area contributed by atoms with E-state index in [1.807, 2.05) is 84.9 Å². The summed E-state index contributed by atoms with van der Waals surface area (Å²) in [5, 5.41) is 11.8. The monoisotopic (exact) mass is 662 g/mol. The third kappa shape index (κ3) is 8.99. The number of carbonyl (C=O) groups excluding carboxylic acids is 1. The molecule has 8 heteroatoms. The molecule has 3 aromatic rings. The Morgan fingerprint density at radius 1 is 0.745 bits per heavy atom. The van der Waals surface area contributed by atoms with Crippen LogP contribution in [-0.2, 0) is 43.3 Å². The van der Waals surface area contributed by atoms with Gasteiger partial charge in [0.05, 0.1) is 45.2 Å². The van der Waals surface area contributed by atoms with Gasteiger partial charge in [0, 0.05) is 11.3 Å². The Kier molecular flexibility index (Phi) is 12.3. The van der Waals surface area contributed by atoms with Crippen LogP contribution < -0.4 is 4.74 Å². The third-order valence-electron chi connectivity index (χ3n) is 9.99. The topological polar surface area (TPSA) is 83.5 Å². The summed E-state index contributed by atoms with van der Waals surface area (Å²) in [7, 11) is -0.825. The van der Waals surface area contributed by atoms with Gasteiger partial charge in [-0.2, -0.15) is 0 Å². The summed E-state index contributed by atoms with van der Waals surface area (Å²) < 4.78 is 32.6. The first-order valence-corrected chi connectivity index (χ1v) is 19.5. The Balaban J connectivity index is 1.80. The molecule has 1 aliphatic carbocycles. The van der Waals surface area contributed by atoms with Gasteiger partial charge in [-0.1, -0.05) is 114 Å². The minimum Gasteiger partial charge on any atom is -0.497 e. The molecule has 6 atom stereocenters. The summed E-state index contributed by atoms with van der Waals surface area (Å²) in [6.07, 6.45) is -4.27. The zero-order valence-electron chi connectivity index (χ0n) is 29.6. The number of aliphatic hydroxyl groups is 1. The van der Waals surface area contributed by atoms with E-state index in [4.69, 9.17) is 23.4 Å². The highest BCUT2D eigenvalue weighted by Crippen LogP contribution is 2.46. The Morgan fingerprint density at radius 2 is 1.23 bits per heavy atom. The van der Waals surface area contributed by atoms with Gasteiger partial charge in [-0.3, -0.25) is 4.79 Å². The molecular weight excluding hydrogens is 609 g/mol. The van der Waals surface area contributed by atoms with Gasteiger partial charge >= 0.3 is 0 Å². The van der Waals surface area contributed by atoms with E-state index >= 15 is 0 Å². The quantitative estimate of drug-likeness (QED) is 0.199. The van der Waals surface area contributed by atoms with Gasteiger partial charge in [0.15, 0.2) is 14.1 Å². The molecular formula is C39H54O7Si. The van der Waals surface area contributed by atoms with Gasteiger partial charge in [0.1, 0.15) is 18.0 Å². The fraction of sp³-hybridized carbons (Fsp3) is 0.513. The normalized spacial score (nSPS) is 25.2. The molecule has 1 aliphatic rings. The lowest BCUT2D eigenvalue weighted by Gasteiger charge is -2.52. The molecule has 0 bridgehead atoms. The van der Waals surface area contributed by atoms with Gasteiger partial charge in [0.2, 0.25) is 0 Å². The highest BCUT2D eigenvalue weighted by molar-refractivity contribution is 6.74. The van der Waals surface area contributed by atoms with Crippen LogP contribution in [0.2, 0.25) is 18.1 Å². The van der Waals surface area contributed by atoms with Crippen LogP contribution in [0.3, 0.4) is 0 Å². The number of aliphatic hydroxyl groups excluding tert-OH is 1. The van der Waals surface area contributed by atoms with Crippen LogP contribution >= 0.6 is 0 Å². The molecule has 47 heavy (non-hydrogen) atoms. The van der Waals surface area contributed by atoms with Crippen molar-refractivity contribution in [1.29, 1.82) is 0 Å². The summed E-state index contributed by atoms with van der Waals surface area (Å²) in [5.74, 6) is -0.245. The molecule has 0 amide bonds. The Hall–Kier alpha value is -2.85. The van der Waals surface area contributed by atoms with Crippen molar-refractivity contribution in [3.63, 3.8) is 0 Å². The van der Waals surface area contributed by atoms with Gasteiger partial charge < -0.3 is 28.5 Å². The first-order chi connectivity index (χ1) is 22.2. The molecule has 0 heterocycles. The number of methoxy groups -OCH3 is 1. The van der Waals surface area contributed by atoms with Crippen molar-refractivity contribution in [3.05, 3.63) is 102 Å². The van der Waals surface area contributed by atoms with Crippen LogP contribution in [0.25, 0.3) is 0 Å². The molecule has 4 rings (SSSR count). The summed E-state index contributed by atoms with van der Waals surface area (Å²) in [4.78, 5) is 14.5. The minimum absolute atomic E-state index is 0.133. The van der Waals surface area contributed by atoms with Gasteiger partial charge in [-0.05, 0) is 47.0 Å². The van der Waals surface area contributed by atoms with Crippen LogP contribution in [0, 0.1) is 11.3 Å². The molecule has 0 unspecified atom stereocenters. The smallest absolute Gasteiger partial charge is 0.192 e. The first-order valence-electron chi connectivity index (χ1n) is 16.6. The number of hydrogen-bond donors (Lipinski definition) is 1. The number of benzene rings is 3. The van der Waals surface area contributed by atoms with Crippen molar-refractivity contribution < 1.29 is 33.3 Å². The SMILES string of the molecule is COc1ccc(CO[C@H]2[C@@H](OCc3ccccc3)[C@H](O)[C@H](C)C(=O)[C@H](OCc3ccccc3)[C@H](O[Si](C)(C)C(C)(C)C)C2(C)C)cc1. The van der Waals surface area contributed by atoms with E-state index in [9.17, 15) is 9.90 Å². The van der Waals surface area contributed by atoms with Crippen LogP contribution in [0.5, 0.6) is 5.75 Å². The Labute approximate surface area is 282 Å². The molecule has 0 radical (unpaired) electrons. The van der Waals surface area contributed by atoms with E-state index in [2.05, 4.69) is 47.7 Å². The van der Waals surface area contributed by atoms with Crippen LogP contribution in [0.1, 0.15) is 58.2 Å². The van der Waals surface area contributed by atoms with Gasteiger partial charge in [0.25, 0.3) is 0 Å². The fourth-order valence-electron chi connectivity index (χ4n) is 5.82. The van der Waals surface area contributed by atoms with Gasteiger partial charge in [-0.25, -0.2) is 0 Å². The lowest BCUT2D eigenvalue weighted by molar-refractivity contribution is -0.220. The van der Waals surface area contributed by atoms with E-state index < -0.39 is 50.2 Å². The fourth-order valence-corrected chi connectivity index (χ4v) is 7.24. The molecule has 0 saturated heterocycles. The van der Waals surface area contributed by atoms with Crippen LogP contribution in [0.4, 0.5) is 0 Å². The number of rotatable bonds is 12. The molecule has 1 fully saturated rings. The van der Waals surface area contributed by atoms with Crippen molar-refractivity contribution >= 4 is 14.1 Å². The van der Waals surface area contributed by atoms with Crippen molar-refractivity contribution in [2.45, 2.75) is 110 Å². The van der Waals surface area contributed by atoms with E-state index in [1.54, 1.807) is 14.0 Å². The number of ether oxygens (including phenoxy) is 4. The maximum Gasteiger partial charge on any atom is 0.192 e. The molecule has 256 valence electrons. The van der Waals surface area contributed by atoms with E-state index in [-0.39, 0.29) is 30.6 Å². The standard InChI is InChI=1S/C39H54O7Si/c1-27-32(40)34(43-24-28-16-12-10-13-17-28)36(45-26-30-20-22-31(42-7)23-21-30)39(5,6)37(46-47(8,9)38(2,3)4)35(33(27)41)44-25-29-18-14-11-15-19-29/h10-23,27,32,34-37,40H,24-26H2,1-9H3/t27-,32+,34-,35-,36-,37-/m0/s1. The van der Waals surface area contributed by atoms with Crippen molar-refractivity contribution in [2.24, 2.45) is 11.3 Å².